The number of halogens is 1. The standard InChI is InChI=1S/C24H36IN5O5S/c1-15(2)3-8-18(29-24(34)30-9-11-35-12-10-30)22(32)27-19(13-16-4-6-17(25)7-5-16)23(33)28-20(14-36)21(26)31/h4-7,15,18-20,36H,3,8-14H2,1-2H3,(H2,26,31)(H,27,32)(H,28,33)(H,29,34)/t18-,19-,20-/m0/s1. The van der Waals surface area contributed by atoms with Gasteiger partial charge < -0.3 is 31.3 Å². The first-order chi connectivity index (χ1) is 17.1. The summed E-state index contributed by atoms with van der Waals surface area (Å²) in [5.74, 6) is -1.40. The molecule has 0 bridgehead atoms. The summed E-state index contributed by atoms with van der Waals surface area (Å²) >= 11 is 6.26. The minimum Gasteiger partial charge on any atom is -0.378 e. The van der Waals surface area contributed by atoms with E-state index in [-0.39, 0.29) is 18.2 Å². The van der Waals surface area contributed by atoms with E-state index in [9.17, 15) is 19.2 Å². The molecule has 0 spiro atoms. The van der Waals surface area contributed by atoms with E-state index in [0.717, 1.165) is 9.13 Å². The van der Waals surface area contributed by atoms with Gasteiger partial charge in [-0.1, -0.05) is 26.0 Å². The van der Waals surface area contributed by atoms with Gasteiger partial charge >= 0.3 is 6.03 Å². The van der Waals surface area contributed by atoms with Crippen molar-refractivity contribution in [1.82, 2.24) is 20.9 Å². The third kappa shape index (κ3) is 10.1. The normalized spacial score (nSPS) is 16.1. The Balaban J connectivity index is 2.20. The van der Waals surface area contributed by atoms with Crippen molar-refractivity contribution in [3.8, 4) is 0 Å². The van der Waals surface area contributed by atoms with Crippen molar-refractivity contribution in [3.63, 3.8) is 0 Å². The van der Waals surface area contributed by atoms with Crippen molar-refractivity contribution >= 4 is 59.0 Å². The Morgan fingerprint density at radius 1 is 0.972 bits per heavy atom. The Morgan fingerprint density at radius 2 is 1.56 bits per heavy atom. The van der Waals surface area contributed by atoms with Gasteiger partial charge in [0.1, 0.15) is 18.1 Å². The maximum Gasteiger partial charge on any atom is 0.318 e. The number of nitrogens with one attached hydrogen (secondary N) is 3. The largest absolute Gasteiger partial charge is 0.378 e. The summed E-state index contributed by atoms with van der Waals surface area (Å²) in [7, 11) is 0. The maximum atomic E-state index is 13.4. The molecule has 1 fully saturated rings. The Hall–Kier alpha value is -2.06. The quantitative estimate of drug-likeness (QED) is 0.173. The van der Waals surface area contributed by atoms with Gasteiger partial charge in [-0.25, -0.2) is 4.79 Å². The number of thiol groups is 1. The van der Waals surface area contributed by atoms with E-state index in [0.29, 0.717) is 45.1 Å². The number of nitrogens with zero attached hydrogens (tertiary/aromatic N) is 1. The highest BCUT2D eigenvalue weighted by atomic mass is 127. The number of ether oxygens (including phenoxy) is 1. The predicted molar refractivity (Wildman–Crippen MR) is 149 cm³/mol. The lowest BCUT2D eigenvalue weighted by Crippen LogP contribution is -2.58. The fraction of sp³-hybridized carbons (Fsp3) is 0.583. The first-order valence-corrected chi connectivity index (χ1v) is 13.7. The number of hydrogen-bond acceptors (Lipinski definition) is 6. The lowest BCUT2D eigenvalue weighted by molar-refractivity contribution is -0.131. The van der Waals surface area contributed by atoms with E-state index < -0.39 is 35.8 Å². The molecule has 1 saturated heterocycles. The number of benzene rings is 1. The highest BCUT2D eigenvalue weighted by Gasteiger charge is 2.30. The molecule has 12 heteroatoms. The maximum absolute atomic E-state index is 13.4. The molecule has 10 nitrogen and oxygen atoms in total. The fourth-order valence-electron chi connectivity index (χ4n) is 3.59. The number of hydrogen-bond donors (Lipinski definition) is 5. The molecule has 1 aliphatic rings. The molecule has 200 valence electrons. The van der Waals surface area contributed by atoms with Crippen LogP contribution in [0.2, 0.25) is 0 Å². The molecule has 0 radical (unpaired) electrons. The van der Waals surface area contributed by atoms with E-state index in [4.69, 9.17) is 10.5 Å². The summed E-state index contributed by atoms with van der Waals surface area (Å²) in [5, 5.41) is 8.19. The number of carbonyl (C=O) groups is 4. The molecule has 1 aromatic rings. The first-order valence-electron chi connectivity index (χ1n) is 12.0. The Morgan fingerprint density at radius 3 is 2.11 bits per heavy atom. The van der Waals surface area contributed by atoms with Gasteiger partial charge in [0.25, 0.3) is 0 Å². The summed E-state index contributed by atoms with van der Waals surface area (Å²) < 4.78 is 6.33. The van der Waals surface area contributed by atoms with Gasteiger partial charge in [-0.3, -0.25) is 14.4 Å². The number of urea groups is 1. The van der Waals surface area contributed by atoms with Crippen LogP contribution in [0.25, 0.3) is 0 Å². The van der Waals surface area contributed by atoms with Crippen LogP contribution in [0.1, 0.15) is 32.3 Å². The fourth-order valence-corrected chi connectivity index (χ4v) is 4.22. The van der Waals surface area contributed by atoms with Crippen molar-refractivity contribution in [3.05, 3.63) is 33.4 Å². The van der Waals surface area contributed by atoms with Crippen LogP contribution in [0.15, 0.2) is 24.3 Å². The summed E-state index contributed by atoms with van der Waals surface area (Å²) in [6.45, 7) is 5.85. The van der Waals surface area contributed by atoms with Crippen molar-refractivity contribution in [1.29, 1.82) is 0 Å². The minimum absolute atomic E-state index is 0.0257. The summed E-state index contributed by atoms with van der Waals surface area (Å²) in [4.78, 5) is 52.5. The number of nitrogens with two attached hydrogens (primary N) is 1. The number of carbonyl (C=O) groups excluding carboxylic acids is 4. The topological polar surface area (TPSA) is 143 Å². The molecule has 0 saturated carbocycles. The molecule has 1 aromatic carbocycles. The second-order valence-electron chi connectivity index (χ2n) is 9.11. The van der Waals surface area contributed by atoms with Gasteiger partial charge in [-0.15, -0.1) is 0 Å². The molecular formula is C24H36IN5O5S. The number of morpholine rings is 1. The lowest BCUT2D eigenvalue weighted by Gasteiger charge is -2.30. The van der Waals surface area contributed by atoms with Gasteiger partial charge in [0, 0.05) is 28.8 Å². The predicted octanol–water partition coefficient (Wildman–Crippen LogP) is 1.07. The molecule has 2 rings (SSSR count). The van der Waals surface area contributed by atoms with Crippen molar-refractivity contribution in [2.45, 2.75) is 51.2 Å². The monoisotopic (exact) mass is 633 g/mol. The van der Waals surface area contributed by atoms with E-state index in [1.165, 1.54) is 0 Å². The van der Waals surface area contributed by atoms with E-state index in [1.54, 1.807) is 4.90 Å². The lowest BCUT2D eigenvalue weighted by atomic mass is 10.0. The number of rotatable bonds is 12. The molecule has 5 N–H and O–H groups in total. The zero-order chi connectivity index (χ0) is 26.7. The third-order valence-electron chi connectivity index (χ3n) is 5.77. The summed E-state index contributed by atoms with van der Waals surface area (Å²) in [6, 6.07) is 4.41. The van der Waals surface area contributed by atoms with Crippen LogP contribution in [0.4, 0.5) is 4.79 Å². The van der Waals surface area contributed by atoms with Gasteiger partial charge in [-0.05, 0) is 59.0 Å². The second-order valence-corrected chi connectivity index (χ2v) is 10.7. The molecule has 36 heavy (non-hydrogen) atoms. The molecule has 1 aliphatic heterocycles. The van der Waals surface area contributed by atoms with E-state index in [1.807, 2.05) is 38.1 Å². The molecule has 1 heterocycles. The van der Waals surface area contributed by atoms with Gasteiger partial charge in [0.2, 0.25) is 17.7 Å². The van der Waals surface area contributed by atoms with Crippen LogP contribution in [0.3, 0.4) is 0 Å². The van der Waals surface area contributed by atoms with Crippen molar-refractivity contribution in [2.75, 3.05) is 32.1 Å². The van der Waals surface area contributed by atoms with Crippen LogP contribution < -0.4 is 21.7 Å². The highest BCUT2D eigenvalue weighted by molar-refractivity contribution is 14.1. The molecule has 0 unspecified atom stereocenters. The zero-order valence-corrected chi connectivity index (χ0v) is 23.7. The van der Waals surface area contributed by atoms with Crippen LogP contribution >= 0.6 is 35.2 Å². The molecular weight excluding hydrogens is 597 g/mol. The van der Waals surface area contributed by atoms with Crippen molar-refractivity contribution in [2.24, 2.45) is 11.7 Å². The van der Waals surface area contributed by atoms with Crippen LogP contribution in [-0.4, -0.2) is 78.8 Å². The molecule has 3 atom stereocenters. The third-order valence-corrected chi connectivity index (χ3v) is 6.86. The summed E-state index contributed by atoms with van der Waals surface area (Å²) in [6.07, 6.45) is 1.32. The Kier molecular flexibility index (Phi) is 12.8. The highest BCUT2D eigenvalue weighted by Crippen LogP contribution is 2.12. The van der Waals surface area contributed by atoms with Crippen molar-refractivity contribution < 1.29 is 23.9 Å². The van der Waals surface area contributed by atoms with Gasteiger partial charge in [0.05, 0.1) is 13.2 Å². The molecule has 0 aliphatic carbocycles. The molecule has 5 amide bonds. The zero-order valence-electron chi connectivity index (χ0n) is 20.7. The molecule has 0 aromatic heterocycles. The van der Waals surface area contributed by atoms with Crippen LogP contribution in [0, 0.1) is 9.49 Å². The van der Waals surface area contributed by atoms with Crippen LogP contribution in [0.5, 0.6) is 0 Å². The first kappa shape index (κ1) is 30.2. The van der Waals surface area contributed by atoms with Gasteiger partial charge in [-0.2, -0.15) is 12.6 Å². The Bertz CT molecular complexity index is 895. The second kappa shape index (κ2) is 15.3. The number of amides is 5. The van der Waals surface area contributed by atoms with E-state index >= 15 is 0 Å². The summed E-state index contributed by atoms with van der Waals surface area (Å²) in [5.41, 5.74) is 6.18. The average molecular weight is 634 g/mol. The van der Waals surface area contributed by atoms with Crippen LogP contribution in [-0.2, 0) is 25.5 Å². The Labute approximate surface area is 231 Å². The number of primary amides is 1. The smallest absolute Gasteiger partial charge is 0.318 e. The average Bonchev–Trinajstić information content (AvgIpc) is 2.85. The minimum atomic E-state index is -0.985. The van der Waals surface area contributed by atoms with E-state index in [2.05, 4.69) is 51.2 Å². The SMILES string of the molecule is CC(C)CC[C@H](NC(=O)N1CCOCC1)C(=O)N[C@@H](Cc1ccc(I)cc1)C(=O)N[C@@H](CS)C(N)=O. The van der Waals surface area contributed by atoms with Gasteiger partial charge in [0.15, 0.2) is 0 Å².